The van der Waals surface area contributed by atoms with Gasteiger partial charge in [-0.1, -0.05) is 35.9 Å². The molecule has 0 fully saturated rings. The molecule has 2 aromatic rings. The summed E-state index contributed by atoms with van der Waals surface area (Å²) in [5, 5.41) is 3.47. The zero-order valence-corrected chi connectivity index (χ0v) is 14.1. The zero-order chi connectivity index (χ0) is 16.2. The van der Waals surface area contributed by atoms with Gasteiger partial charge in [0.2, 0.25) is 0 Å². The monoisotopic (exact) mass is 328 g/mol. The molecule has 2 aromatic carbocycles. The van der Waals surface area contributed by atoms with Crippen LogP contribution < -0.4 is 10.2 Å². The van der Waals surface area contributed by atoms with Crippen LogP contribution in [-0.2, 0) is 6.42 Å². The lowest BCUT2D eigenvalue weighted by molar-refractivity contribution is 0.0953. The minimum Gasteiger partial charge on any atom is -0.371 e. The molecule has 1 amide bonds. The number of halogens is 1. The number of para-hydroxylation sites is 1. The van der Waals surface area contributed by atoms with E-state index in [0.717, 1.165) is 31.5 Å². The highest BCUT2D eigenvalue weighted by molar-refractivity contribution is 6.33. The molecule has 0 unspecified atom stereocenters. The molecule has 3 rings (SSSR count). The molecule has 0 aromatic heterocycles. The fraction of sp³-hybridized carbons (Fsp3) is 0.316. The summed E-state index contributed by atoms with van der Waals surface area (Å²) in [7, 11) is 0. The molecule has 1 aliphatic rings. The molecule has 120 valence electrons. The number of hydrogen-bond acceptors (Lipinski definition) is 2. The Kier molecular flexibility index (Phi) is 4.87. The molecule has 3 nitrogen and oxygen atoms in total. The Morgan fingerprint density at radius 3 is 2.91 bits per heavy atom. The van der Waals surface area contributed by atoms with Crippen LogP contribution in [0.3, 0.4) is 0 Å². The Hall–Kier alpha value is -2.00. The maximum atomic E-state index is 12.2. The normalized spacial score (nSPS) is 13.0. The van der Waals surface area contributed by atoms with Crippen molar-refractivity contribution in [1.82, 2.24) is 5.32 Å². The van der Waals surface area contributed by atoms with E-state index in [-0.39, 0.29) is 5.91 Å². The van der Waals surface area contributed by atoms with Gasteiger partial charge in [-0.25, -0.2) is 0 Å². The van der Waals surface area contributed by atoms with Gasteiger partial charge in [0, 0.05) is 25.3 Å². The third-order valence-electron chi connectivity index (χ3n) is 4.24. The number of nitrogens with one attached hydrogen (secondary N) is 1. The molecule has 4 heteroatoms. The number of carbonyl (C=O) groups is 1. The van der Waals surface area contributed by atoms with Crippen molar-refractivity contribution in [2.75, 3.05) is 24.5 Å². The van der Waals surface area contributed by atoms with Gasteiger partial charge in [-0.2, -0.15) is 0 Å². The van der Waals surface area contributed by atoms with Gasteiger partial charge < -0.3 is 10.2 Å². The second kappa shape index (κ2) is 7.05. The lowest BCUT2D eigenvalue weighted by Gasteiger charge is -2.19. The maximum Gasteiger partial charge on any atom is 0.252 e. The molecule has 0 saturated carbocycles. The third-order valence-corrected chi connectivity index (χ3v) is 4.56. The van der Waals surface area contributed by atoms with E-state index in [1.54, 1.807) is 6.07 Å². The summed E-state index contributed by atoms with van der Waals surface area (Å²) >= 11 is 6.13. The molecule has 0 saturated heterocycles. The van der Waals surface area contributed by atoms with Crippen molar-refractivity contribution in [3.05, 3.63) is 64.2 Å². The smallest absolute Gasteiger partial charge is 0.252 e. The van der Waals surface area contributed by atoms with E-state index in [1.807, 2.05) is 19.1 Å². The summed E-state index contributed by atoms with van der Waals surface area (Å²) in [6.07, 6.45) is 2.03. The van der Waals surface area contributed by atoms with E-state index in [1.165, 1.54) is 11.3 Å². The first-order chi connectivity index (χ1) is 11.1. The molecule has 1 heterocycles. The highest BCUT2D eigenvalue weighted by Crippen LogP contribution is 2.27. The summed E-state index contributed by atoms with van der Waals surface area (Å²) in [6.45, 7) is 4.64. The lowest BCUT2D eigenvalue weighted by Crippen LogP contribution is -2.29. The second-order valence-electron chi connectivity index (χ2n) is 5.96. The topological polar surface area (TPSA) is 32.3 Å². The molecular formula is C19H21ClN2O. The van der Waals surface area contributed by atoms with Gasteiger partial charge >= 0.3 is 0 Å². The Morgan fingerprint density at radius 2 is 2.09 bits per heavy atom. The van der Waals surface area contributed by atoms with Crippen molar-refractivity contribution in [3.8, 4) is 0 Å². The van der Waals surface area contributed by atoms with Crippen LogP contribution in [-0.4, -0.2) is 25.5 Å². The highest BCUT2D eigenvalue weighted by Gasteiger charge is 2.17. The van der Waals surface area contributed by atoms with Crippen LogP contribution in [0.5, 0.6) is 0 Å². The van der Waals surface area contributed by atoms with Gasteiger partial charge in [0.25, 0.3) is 5.91 Å². The van der Waals surface area contributed by atoms with E-state index in [0.29, 0.717) is 17.1 Å². The van der Waals surface area contributed by atoms with Crippen LogP contribution in [0.2, 0.25) is 5.02 Å². The first-order valence-electron chi connectivity index (χ1n) is 8.02. The molecule has 0 radical (unpaired) electrons. The van der Waals surface area contributed by atoms with E-state index in [9.17, 15) is 4.79 Å². The first kappa shape index (κ1) is 15.9. The zero-order valence-electron chi connectivity index (χ0n) is 13.3. The number of fused-ring (bicyclic) bond motifs is 1. The SMILES string of the molecule is Cc1ccc(C(=O)NCCCN2CCc3ccccc32)c(Cl)c1. The van der Waals surface area contributed by atoms with Crippen LogP contribution in [0, 0.1) is 6.92 Å². The number of rotatable bonds is 5. The number of nitrogens with zero attached hydrogens (tertiary/aromatic N) is 1. The Labute approximate surface area is 142 Å². The van der Waals surface area contributed by atoms with Crippen molar-refractivity contribution in [2.45, 2.75) is 19.8 Å². The number of benzene rings is 2. The fourth-order valence-corrected chi connectivity index (χ4v) is 3.33. The van der Waals surface area contributed by atoms with Crippen LogP contribution in [0.25, 0.3) is 0 Å². The van der Waals surface area contributed by atoms with Gasteiger partial charge in [-0.3, -0.25) is 4.79 Å². The maximum absolute atomic E-state index is 12.2. The van der Waals surface area contributed by atoms with Crippen molar-refractivity contribution in [1.29, 1.82) is 0 Å². The predicted octanol–water partition coefficient (Wildman–Crippen LogP) is 3.83. The van der Waals surface area contributed by atoms with Crippen molar-refractivity contribution >= 4 is 23.2 Å². The average Bonchev–Trinajstić information content (AvgIpc) is 2.94. The summed E-state index contributed by atoms with van der Waals surface area (Å²) in [6, 6.07) is 14.0. The van der Waals surface area contributed by atoms with Crippen LogP contribution in [0.15, 0.2) is 42.5 Å². The molecule has 0 spiro atoms. The summed E-state index contributed by atoms with van der Waals surface area (Å²) < 4.78 is 0. The first-order valence-corrected chi connectivity index (χ1v) is 8.40. The van der Waals surface area contributed by atoms with E-state index >= 15 is 0 Å². The molecular weight excluding hydrogens is 308 g/mol. The number of aryl methyl sites for hydroxylation is 1. The quantitative estimate of drug-likeness (QED) is 0.846. The van der Waals surface area contributed by atoms with E-state index in [2.05, 4.69) is 34.5 Å². The van der Waals surface area contributed by atoms with Gasteiger partial charge in [0.05, 0.1) is 10.6 Å². The highest BCUT2D eigenvalue weighted by atomic mass is 35.5. The Morgan fingerprint density at radius 1 is 1.26 bits per heavy atom. The van der Waals surface area contributed by atoms with Crippen LogP contribution >= 0.6 is 11.6 Å². The standard InChI is InChI=1S/C19H21ClN2O/c1-14-7-8-16(17(20)13-14)19(23)21-10-4-11-22-12-9-15-5-2-3-6-18(15)22/h2-3,5-8,13H,4,9-12H2,1H3,(H,21,23). The number of hydrogen-bond donors (Lipinski definition) is 1. The Bertz CT molecular complexity index is 714. The lowest BCUT2D eigenvalue weighted by atomic mass is 10.1. The van der Waals surface area contributed by atoms with Gasteiger partial charge in [0.1, 0.15) is 0 Å². The molecule has 1 aliphatic heterocycles. The summed E-state index contributed by atoms with van der Waals surface area (Å²) in [5.74, 6) is -0.100. The number of carbonyl (C=O) groups excluding carboxylic acids is 1. The van der Waals surface area contributed by atoms with Crippen LogP contribution in [0.4, 0.5) is 5.69 Å². The van der Waals surface area contributed by atoms with Crippen molar-refractivity contribution in [2.24, 2.45) is 0 Å². The third kappa shape index (κ3) is 3.67. The summed E-state index contributed by atoms with van der Waals surface area (Å²) in [5.41, 5.74) is 4.35. The molecule has 23 heavy (non-hydrogen) atoms. The largest absolute Gasteiger partial charge is 0.371 e. The minimum atomic E-state index is -0.100. The number of amides is 1. The minimum absolute atomic E-state index is 0.100. The molecule has 1 N–H and O–H groups in total. The number of anilines is 1. The average molecular weight is 329 g/mol. The van der Waals surface area contributed by atoms with Crippen LogP contribution in [0.1, 0.15) is 27.9 Å². The predicted molar refractivity (Wildman–Crippen MR) is 95.5 cm³/mol. The van der Waals surface area contributed by atoms with E-state index < -0.39 is 0 Å². The molecule has 0 atom stereocenters. The van der Waals surface area contributed by atoms with Gasteiger partial charge in [-0.15, -0.1) is 0 Å². The second-order valence-corrected chi connectivity index (χ2v) is 6.37. The van der Waals surface area contributed by atoms with E-state index in [4.69, 9.17) is 11.6 Å². The van der Waals surface area contributed by atoms with Crippen molar-refractivity contribution < 1.29 is 4.79 Å². The van der Waals surface area contributed by atoms with Crippen molar-refractivity contribution in [3.63, 3.8) is 0 Å². The fourth-order valence-electron chi connectivity index (χ4n) is 3.01. The van der Waals surface area contributed by atoms with Gasteiger partial charge in [0.15, 0.2) is 0 Å². The molecule has 0 aliphatic carbocycles. The summed E-state index contributed by atoms with van der Waals surface area (Å²) in [4.78, 5) is 14.6. The molecule has 0 bridgehead atoms. The van der Waals surface area contributed by atoms with Gasteiger partial charge in [-0.05, 0) is 49.1 Å². The Balaban J connectivity index is 1.48.